The van der Waals surface area contributed by atoms with Gasteiger partial charge >= 0.3 is 0 Å². The molecule has 3 aromatic heterocycles. The molecule has 0 atom stereocenters. The SMILES string of the molecule is Cc1c(C(=O)Nc2ccc(-c3cn(C)c4ncnc(N)c34)cc2F)c(=O)n(-c2ccccc2)n1C. The lowest BCUT2D eigenvalue weighted by molar-refractivity contribution is 0.102. The quantitative estimate of drug-likeness (QED) is 0.417. The van der Waals surface area contributed by atoms with Gasteiger partial charge in [-0.3, -0.25) is 14.3 Å². The number of fused-ring (bicyclic) bond motifs is 1. The second-order valence-corrected chi connectivity index (χ2v) is 8.20. The standard InChI is InChI=1S/C25H22FN7O2/c1-14-20(25(35)33(32(14)3)16-7-5-4-6-8-16)24(34)30-19-10-9-15(11-18(19)26)17-12-31(2)23-21(17)22(27)28-13-29-23/h4-13H,1-3H3,(H,30,34)(H2,27,28,29). The highest BCUT2D eigenvalue weighted by molar-refractivity contribution is 6.05. The fourth-order valence-electron chi connectivity index (χ4n) is 4.25. The van der Waals surface area contributed by atoms with E-state index >= 15 is 4.39 Å². The van der Waals surface area contributed by atoms with Crippen LogP contribution < -0.4 is 16.6 Å². The molecular weight excluding hydrogens is 449 g/mol. The average Bonchev–Trinajstić information content (AvgIpc) is 3.29. The zero-order chi connectivity index (χ0) is 24.9. The topological polar surface area (TPSA) is 113 Å². The summed E-state index contributed by atoms with van der Waals surface area (Å²) < 4.78 is 19.9. The Kier molecular flexibility index (Phi) is 5.20. The number of benzene rings is 2. The van der Waals surface area contributed by atoms with E-state index in [9.17, 15) is 9.59 Å². The van der Waals surface area contributed by atoms with Gasteiger partial charge < -0.3 is 15.6 Å². The lowest BCUT2D eigenvalue weighted by atomic mass is 10.1. The summed E-state index contributed by atoms with van der Waals surface area (Å²) in [5, 5.41) is 3.16. The van der Waals surface area contributed by atoms with Crippen LogP contribution >= 0.6 is 0 Å². The van der Waals surface area contributed by atoms with Crippen LogP contribution in [0.1, 0.15) is 16.1 Å². The third kappa shape index (κ3) is 3.55. The molecule has 0 fully saturated rings. The van der Waals surface area contributed by atoms with Gasteiger partial charge in [-0.2, -0.15) is 0 Å². The molecule has 10 heteroatoms. The van der Waals surface area contributed by atoms with E-state index in [2.05, 4.69) is 15.3 Å². The number of nitrogens with zero attached hydrogens (tertiary/aromatic N) is 5. The lowest BCUT2D eigenvalue weighted by Gasteiger charge is -2.08. The summed E-state index contributed by atoms with van der Waals surface area (Å²) in [6.45, 7) is 1.67. The molecule has 0 saturated carbocycles. The van der Waals surface area contributed by atoms with Gasteiger partial charge in [0.15, 0.2) is 0 Å². The highest BCUT2D eigenvalue weighted by atomic mass is 19.1. The van der Waals surface area contributed by atoms with Crippen molar-refractivity contribution in [2.45, 2.75) is 6.92 Å². The Morgan fingerprint density at radius 2 is 1.83 bits per heavy atom. The molecule has 5 aromatic rings. The number of anilines is 2. The predicted molar refractivity (Wildman–Crippen MR) is 132 cm³/mol. The predicted octanol–water partition coefficient (Wildman–Crippen LogP) is 3.41. The molecule has 3 heterocycles. The van der Waals surface area contributed by atoms with Gasteiger partial charge in [0, 0.05) is 25.9 Å². The summed E-state index contributed by atoms with van der Waals surface area (Å²) in [7, 11) is 3.50. The van der Waals surface area contributed by atoms with E-state index < -0.39 is 17.3 Å². The first-order valence-corrected chi connectivity index (χ1v) is 10.8. The second-order valence-electron chi connectivity index (χ2n) is 8.20. The van der Waals surface area contributed by atoms with Gasteiger partial charge in [0.2, 0.25) is 0 Å². The minimum Gasteiger partial charge on any atom is -0.383 e. The number of halogens is 1. The van der Waals surface area contributed by atoms with Crippen molar-refractivity contribution in [1.82, 2.24) is 23.9 Å². The molecule has 0 aliphatic rings. The molecule has 0 bridgehead atoms. The van der Waals surface area contributed by atoms with Crippen LogP contribution in [-0.4, -0.2) is 29.8 Å². The van der Waals surface area contributed by atoms with Crippen molar-refractivity contribution >= 4 is 28.4 Å². The van der Waals surface area contributed by atoms with Crippen LogP contribution in [0.25, 0.3) is 27.8 Å². The van der Waals surface area contributed by atoms with E-state index in [0.717, 1.165) is 0 Å². The highest BCUT2D eigenvalue weighted by Crippen LogP contribution is 2.33. The van der Waals surface area contributed by atoms with Gasteiger partial charge in [0.05, 0.1) is 22.5 Å². The number of nitrogens with two attached hydrogens (primary N) is 1. The van der Waals surface area contributed by atoms with Crippen LogP contribution in [0.15, 0.2) is 65.8 Å². The molecule has 0 spiro atoms. The molecule has 176 valence electrons. The monoisotopic (exact) mass is 471 g/mol. The molecule has 0 saturated heterocycles. The Labute approximate surface area is 199 Å². The third-order valence-corrected chi connectivity index (χ3v) is 6.09. The van der Waals surface area contributed by atoms with Crippen molar-refractivity contribution < 1.29 is 9.18 Å². The van der Waals surface area contributed by atoms with Crippen LogP contribution in [0.5, 0.6) is 0 Å². The zero-order valence-electron chi connectivity index (χ0n) is 19.3. The summed E-state index contributed by atoms with van der Waals surface area (Å²) in [6.07, 6.45) is 3.17. The fraction of sp³-hybridized carbons (Fsp3) is 0.120. The van der Waals surface area contributed by atoms with E-state index in [1.54, 1.807) is 59.7 Å². The van der Waals surface area contributed by atoms with E-state index in [-0.39, 0.29) is 17.1 Å². The van der Waals surface area contributed by atoms with E-state index in [1.165, 1.54) is 23.1 Å². The van der Waals surface area contributed by atoms with Gasteiger partial charge in [-0.15, -0.1) is 0 Å². The average molecular weight is 471 g/mol. The van der Waals surface area contributed by atoms with Crippen molar-refractivity contribution in [2.75, 3.05) is 11.1 Å². The van der Waals surface area contributed by atoms with Crippen LogP contribution in [-0.2, 0) is 14.1 Å². The molecule has 1 amide bonds. The van der Waals surface area contributed by atoms with Gasteiger partial charge in [0.25, 0.3) is 11.5 Å². The normalized spacial score (nSPS) is 11.2. The van der Waals surface area contributed by atoms with E-state index in [1.807, 2.05) is 13.1 Å². The number of carbonyl (C=O) groups is 1. The van der Waals surface area contributed by atoms with E-state index in [0.29, 0.717) is 33.5 Å². The summed E-state index contributed by atoms with van der Waals surface area (Å²) in [4.78, 5) is 34.4. The van der Waals surface area contributed by atoms with Gasteiger partial charge in [-0.1, -0.05) is 24.3 Å². The molecule has 0 aliphatic heterocycles. The number of para-hydroxylation sites is 1. The number of aryl methyl sites for hydroxylation is 1. The molecule has 5 rings (SSSR count). The molecule has 2 aromatic carbocycles. The summed E-state index contributed by atoms with van der Waals surface area (Å²) >= 11 is 0. The van der Waals surface area contributed by atoms with Crippen LogP contribution in [0.3, 0.4) is 0 Å². The fourth-order valence-corrected chi connectivity index (χ4v) is 4.25. The lowest BCUT2D eigenvalue weighted by Crippen LogP contribution is -2.25. The second kappa shape index (κ2) is 8.24. The zero-order valence-corrected chi connectivity index (χ0v) is 19.3. The van der Waals surface area contributed by atoms with Crippen molar-refractivity contribution in [3.8, 4) is 16.8 Å². The number of hydrogen-bond donors (Lipinski definition) is 2. The third-order valence-electron chi connectivity index (χ3n) is 6.09. The Morgan fingerprint density at radius 1 is 1.09 bits per heavy atom. The molecule has 0 radical (unpaired) electrons. The number of nitrogens with one attached hydrogen (secondary N) is 1. The summed E-state index contributed by atoms with van der Waals surface area (Å²) in [6, 6.07) is 13.4. The molecular formula is C25H22FN7O2. The van der Waals surface area contributed by atoms with Gasteiger partial charge in [-0.25, -0.2) is 19.0 Å². The van der Waals surface area contributed by atoms with Crippen LogP contribution in [0.4, 0.5) is 15.9 Å². The van der Waals surface area contributed by atoms with Gasteiger partial charge in [-0.05, 0) is 36.8 Å². The van der Waals surface area contributed by atoms with E-state index in [4.69, 9.17) is 5.73 Å². The van der Waals surface area contributed by atoms with Crippen molar-refractivity contribution in [3.63, 3.8) is 0 Å². The Bertz CT molecular complexity index is 1670. The first-order valence-electron chi connectivity index (χ1n) is 10.8. The Balaban J connectivity index is 1.49. The maximum absolute atomic E-state index is 15.1. The minimum atomic E-state index is -0.688. The maximum Gasteiger partial charge on any atom is 0.284 e. The Morgan fingerprint density at radius 3 is 2.54 bits per heavy atom. The number of carbonyl (C=O) groups excluding carboxylic acids is 1. The van der Waals surface area contributed by atoms with Crippen molar-refractivity contribution in [1.29, 1.82) is 0 Å². The molecule has 3 N–H and O–H groups in total. The number of nitrogen functional groups attached to an aromatic ring is 1. The Hall–Kier alpha value is -4.73. The molecule has 0 unspecified atom stereocenters. The number of aromatic nitrogens is 5. The molecule has 35 heavy (non-hydrogen) atoms. The summed E-state index contributed by atoms with van der Waals surface area (Å²) in [5.41, 5.74) is 8.38. The van der Waals surface area contributed by atoms with Crippen LogP contribution in [0, 0.1) is 12.7 Å². The summed E-state index contributed by atoms with van der Waals surface area (Å²) in [5.74, 6) is -1.05. The smallest absolute Gasteiger partial charge is 0.284 e. The molecule has 9 nitrogen and oxygen atoms in total. The number of amides is 1. The molecule has 0 aliphatic carbocycles. The largest absolute Gasteiger partial charge is 0.383 e. The maximum atomic E-state index is 15.1. The number of rotatable bonds is 4. The first kappa shape index (κ1) is 22.1. The first-order chi connectivity index (χ1) is 16.8. The van der Waals surface area contributed by atoms with Gasteiger partial charge in [0.1, 0.15) is 29.2 Å². The highest BCUT2D eigenvalue weighted by Gasteiger charge is 2.23. The number of hydrogen-bond acceptors (Lipinski definition) is 5. The van der Waals surface area contributed by atoms with Crippen molar-refractivity contribution in [3.05, 3.63) is 88.5 Å². The van der Waals surface area contributed by atoms with Crippen molar-refractivity contribution in [2.24, 2.45) is 14.1 Å². The minimum absolute atomic E-state index is 0.0443. The van der Waals surface area contributed by atoms with Crippen LogP contribution in [0.2, 0.25) is 0 Å².